The summed E-state index contributed by atoms with van der Waals surface area (Å²) in [6, 6.07) is 0. The molecule has 0 saturated heterocycles. The lowest BCUT2D eigenvalue weighted by Crippen LogP contribution is -2.29. The van der Waals surface area contributed by atoms with Crippen molar-refractivity contribution < 1.29 is 13.9 Å². The fraction of sp³-hybridized carbons (Fsp3) is 0.412. The molecule has 0 radical (unpaired) electrons. The highest BCUT2D eigenvalue weighted by molar-refractivity contribution is 7.16. The third-order valence-corrected chi connectivity index (χ3v) is 5.29. The Morgan fingerprint density at radius 2 is 2.14 bits per heavy atom. The van der Waals surface area contributed by atoms with Crippen molar-refractivity contribution >= 4 is 28.2 Å². The second-order valence-electron chi connectivity index (χ2n) is 6.11. The van der Waals surface area contributed by atoms with Gasteiger partial charge in [-0.3, -0.25) is 5.10 Å². The maximum Gasteiger partial charge on any atom is 0.229 e. The van der Waals surface area contributed by atoms with E-state index in [-0.39, 0.29) is 0 Å². The highest BCUT2D eigenvalue weighted by atomic mass is 32.1. The zero-order valence-corrected chi connectivity index (χ0v) is 16.1. The van der Waals surface area contributed by atoms with Crippen LogP contribution in [-0.4, -0.2) is 65.2 Å². The van der Waals surface area contributed by atoms with Gasteiger partial charge in [0.2, 0.25) is 5.95 Å². The van der Waals surface area contributed by atoms with Gasteiger partial charge in [0.25, 0.3) is 0 Å². The van der Waals surface area contributed by atoms with E-state index in [1.54, 1.807) is 7.11 Å². The van der Waals surface area contributed by atoms with E-state index in [9.17, 15) is 4.39 Å². The third kappa shape index (κ3) is 4.11. The van der Waals surface area contributed by atoms with E-state index in [4.69, 9.17) is 14.5 Å². The van der Waals surface area contributed by atoms with E-state index < -0.39 is 5.82 Å². The molecule has 0 aliphatic carbocycles. The smallest absolute Gasteiger partial charge is 0.229 e. The van der Waals surface area contributed by atoms with Gasteiger partial charge in [0, 0.05) is 37.7 Å². The van der Waals surface area contributed by atoms with Crippen LogP contribution in [-0.2, 0) is 15.9 Å². The van der Waals surface area contributed by atoms with Gasteiger partial charge in [-0.05, 0) is 0 Å². The fourth-order valence-electron chi connectivity index (χ4n) is 2.93. The standard InChI is InChI=1S/C17H20FN7O2S/c1-26-6-7-27-5-4-25-3-2-13-14(12-10-21-24-15(12)25)22-17(28-13)23-16-19-8-11(18)9-20-16/h8-10H,2-7H2,1H3,(H,21,24)(H,19,20,22,23). The summed E-state index contributed by atoms with van der Waals surface area (Å²) in [5.74, 6) is 0.700. The topological polar surface area (TPSA) is 101 Å². The van der Waals surface area contributed by atoms with Crippen LogP contribution in [0.1, 0.15) is 4.88 Å². The van der Waals surface area contributed by atoms with Gasteiger partial charge in [-0.15, -0.1) is 11.3 Å². The summed E-state index contributed by atoms with van der Waals surface area (Å²) in [7, 11) is 1.66. The van der Waals surface area contributed by atoms with Crippen molar-refractivity contribution in [1.82, 2.24) is 25.1 Å². The number of halogens is 1. The zero-order chi connectivity index (χ0) is 19.3. The number of hydrogen-bond donors (Lipinski definition) is 2. The van der Waals surface area contributed by atoms with Crippen LogP contribution in [0.4, 0.5) is 21.3 Å². The van der Waals surface area contributed by atoms with Gasteiger partial charge in [-0.1, -0.05) is 0 Å². The Balaban J connectivity index is 1.48. The number of ether oxygens (including phenoxy) is 2. The molecule has 0 spiro atoms. The van der Waals surface area contributed by atoms with E-state index in [2.05, 4.69) is 30.4 Å². The molecule has 0 atom stereocenters. The number of nitrogens with one attached hydrogen (secondary N) is 2. The molecule has 4 rings (SSSR count). The molecule has 0 fully saturated rings. The minimum atomic E-state index is -0.477. The lowest BCUT2D eigenvalue weighted by atomic mass is 10.2. The quantitative estimate of drug-likeness (QED) is 0.550. The normalized spacial score (nSPS) is 13.1. The van der Waals surface area contributed by atoms with Crippen molar-refractivity contribution in [1.29, 1.82) is 0 Å². The van der Waals surface area contributed by atoms with Crippen LogP contribution in [0.15, 0.2) is 18.6 Å². The first kappa shape index (κ1) is 18.7. The summed E-state index contributed by atoms with van der Waals surface area (Å²) in [5.41, 5.74) is 1.84. The molecule has 28 heavy (non-hydrogen) atoms. The van der Waals surface area contributed by atoms with Crippen LogP contribution >= 0.6 is 11.3 Å². The van der Waals surface area contributed by atoms with Gasteiger partial charge in [-0.2, -0.15) is 5.10 Å². The van der Waals surface area contributed by atoms with E-state index in [0.29, 0.717) is 30.9 Å². The number of H-pyrrole nitrogens is 1. The minimum absolute atomic E-state index is 0.313. The summed E-state index contributed by atoms with van der Waals surface area (Å²) in [4.78, 5) is 15.9. The number of aromatic amines is 1. The number of aromatic nitrogens is 5. The predicted molar refractivity (Wildman–Crippen MR) is 104 cm³/mol. The second kappa shape index (κ2) is 8.59. The summed E-state index contributed by atoms with van der Waals surface area (Å²) >= 11 is 1.54. The van der Waals surface area contributed by atoms with Crippen LogP contribution in [0.2, 0.25) is 0 Å². The predicted octanol–water partition coefficient (Wildman–Crippen LogP) is 2.23. The summed E-state index contributed by atoms with van der Waals surface area (Å²) in [6.45, 7) is 3.32. The molecule has 3 aromatic heterocycles. The first-order valence-electron chi connectivity index (χ1n) is 8.84. The summed E-state index contributed by atoms with van der Waals surface area (Å²) in [6.07, 6.45) is 4.94. The molecule has 9 nitrogen and oxygen atoms in total. The highest BCUT2D eigenvalue weighted by Crippen LogP contribution is 2.39. The molecule has 4 heterocycles. The maximum absolute atomic E-state index is 13.0. The Morgan fingerprint density at radius 1 is 1.29 bits per heavy atom. The Bertz CT molecular complexity index is 915. The van der Waals surface area contributed by atoms with E-state index in [0.717, 1.165) is 53.9 Å². The number of fused-ring (bicyclic) bond motifs is 3. The molecule has 2 N–H and O–H groups in total. The lowest BCUT2D eigenvalue weighted by Gasteiger charge is -2.21. The van der Waals surface area contributed by atoms with Crippen molar-refractivity contribution in [2.45, 2.75) is 6.42 Å². The average molecular weight is 405 g/mol. The SMILES string of the molecule is COCCOCCN1CCc2sc(Nc3ncc(F)cn3)nc2-c2c[nH]nc21. The van der Waals surface area contributed by atoms with Crippen molar-refractivity contribution in [2.24, 2.45) is 0 Å². The van der Waals surface area contributed by atoms with Gasteiger partial charge >= 0.3 is 0 Å². The molecular formula is C17H20FN7O2S. The first-order chi connectivity index (χ1) is 13.7. The number of thiazole rings is 1. The van der Waals surface area contributed by atoms with Gasteiger partial charge in [0.1, 0.15) is 0 Å². The van der Waals surface area contributed by atoms with Gasteiger partial charge in [0.15, 0.2) is 16.8 Å². The van der Waals surface area contributed by atoms with Crippen molar-refractivity contribution in [2.75, 3.05) is 50.2 Å². The lowest BCUT2D eigenvalue weighted by molar-refractivity contribution is 0.0740. The van der Waals surface area contributed by atoms with Crippen molar-refractivity contribution in [3.8, 4) is 11.3 Å². The van der Waals surface area contributed by atoms with Gasteiger partial charge in [-0.25, -0.2) is 19.3 Å². The van der Waals surface area contributed by atoms with Crippen molar-refractivity contribution in [3.63, 3.8) is 0 Å². The van der Waals surface area contributed by atoms with Crippen LogP contribution in [0.25, 0.3) is 11.3 Å². The largest absolute Gasteiger partial charge is 0.382 e. The van der Waals surface area contributed by atoms with Gasteiger partial charge in [0.05, 0.1) is 43.5 Å². The molecule has 1 aliphatic rings. The number of rotatable bonds is 8. The minimum Gasteiger partial charge on any atom is -0.382 e. The Hall–Kier alpha value is -2.63. The van der Waals surface area contributed by atoms with Crippen molar-refractivity contribution in [3.05, 3.63) is 29.3 Å². The number of nitrogens with zero attached hydrogens (tertiary/aromatic N) is 5. The molecule has 3 aromatic rings. The number of methoxy groups -OCH3 is 1. The van der Waals surface area contributed by atoms with Crippen LogP contribution in [0.5, 0.6) is 0 Å². The Kier molecular flexibility index (Phi) is 5.74. The third-order valence-electron chi connectivity index (χ3n) is 4.26. The van der Waals surface area contributed by atoms with E-state index in [1.807, 2.05) is 6.20 Å². The maximum atomic E-state index is 13.0. The molecule has 0 bridgehead atoms. The molecule has 148 valence electrons. The zero-order valence-electron chi connectivity index (χ0n) is 15.3. The van der Waals surface area contributed by atoms with E-state index in [1.165, 1.54) is 11.3 Å². The molecule has 11 heteroatoms. The monoisotopic (exact) mass is 405 g/mol. The average Bonchev–Trinajstić information content (AvgIpc) is 3.30. The molecule has 1 aliphatic heterocycles. The first-order valence-corrected chi connectivity index (χ1v) is 9.66. The Morgan fingerprint density at radius 3 is 2.96 bits per heavy atom. The molecular weight excluding hydrogens is 385 g/mol. The van der Waals surface area contributed by atoms with Crippen LogP contribution in [0.3, 0.4) is 0 Å². The summed E-state index contributed by atoms with van der Waals surface area (Å²) in [5, 5.41) is 11.1. The second-order valence-corrected chi connectivity index (χ2v) is 7.19. The highest BCUT2D eigenvalue weighted by Gasteiger charge is 2.25. The van der Waals surface area contributed by atoms with Gasteiger partial charge < -0.3 is 19.7 Å². The molecule has 0 unspecified atom stereocenters. The van der Waals surface area contributed by atoms with E-state index >= 15 is 0 Å². The molecule has 0 aromatic carbocycles. The van der Waals surface area contributed by atoms with Crippen LogP contribution in [0, 0.1) is 5.82 Å². The molecule has 0 saturated carbocycles. The number of anilines is 3. The Labute approximate surface area is 164 Å². The van der Waals surface area contributed by atoms with Crippen LogP contribution < -0.4 is 10.2 Å². The fourth-order valence-corrected chi connectivity index (χ4v) is 3.89. The number of hydrogen-bond acceptors (Lipinski definition) is 9. The summed E-state index contributed by atoms with van der Waals surface area (Å²) < 4.78 is 23.6. The molecule has 0 amide bonds.